The second-order valence-corrected chi connectivity index (χ2v) is 5.30. The number of rotatable bonds is 4. The highest BCUT2D eigenvalue weighted by Crippen LogP contribution is 2.42. The van der Waals surface area contributed by atoms with E-state index in [4.69, 9.17) is 19.9 Å². The number of methoxy groups -OCH3 is 3. The van der Waals surface area contributed by atoms with Crippen LogP contribution >= 0.6 is 0 Å². The predicted octanol–water partition coefficient (Wildman–Crippen LogP) is 2.76. The summed E-state index contributed by atoms with van der Waals surface area (Å²) in [6.07, 6.45) is 0. The zero-order chi connectivity index (χ0) is 13.9. The highest BCUT2D eigenvalue weighted by Gasteiger charge is 2.25. The van der Waals surface area contributed by atoms with Crippen LogP contribution < -0.4 is 19.9 Å². The molecule has 0 saturated heterocycles. The lowest BCUT2D eigenvalue weighted by Gasteiger charge is -2.28. The van der Waals surface area contributed by atoms with Gasteiger partial charge in [-0.3, -0.25) is 0 Å². The van der Waals surface area contributed by atoms with Gasteiger partial charge in [-0.25, -0.2) is 0 Å². The smallest absolute Gasteiger partial charge is 0.203 e. The predicted molar refractivity (Wildman–Crippen MR) is 72.5 cm³/mol. The zero-order valence-electron chi connectivity index (χ0n) is 12.0. The third-order valence-corrected chi connectivity index (χ3v) is 2.98. The van der Waals surface area contributed by atoms with E-state index >= 15 is 0 Å². The van der Waals surface area contributed by atoms with E-state index in [0.717, 1.165) is 5.56 Å². The molecule has 0 radical (unpaired) electrons. The molecule has 0 fully saturated rings. The van der Waals surface area contributed by atoms with Gasteiger partial charge >= 0.3 is 0 Å². The topological polar surface area (TPSA) is 53.7 Å². The Morgan fingerprint density at radius 3 is 1.67 bits per heavy atom. The molecule has 1 aromatic carbocycles. The maximum atomic E-state index is 6.26. The van der Waals surface area contributed by atoms with E-state index in [1.54, 1.807) is 21.3 Å². The van der Waals surface area contributed by atoms with Crippen LogP contribution in [-0.2, 0) is 0 Å². The van der Waals surface area contributed by atoms with Crippen LogP contribution in [0.15, 0.2) is 12.1 Å². The fraction of sp³-hybridized carbons (Fsp3) is 0.571. The van der Waals surface area contributed by atoms with Crippen molar-refractivity contribution in [3.8, 4) is 17.2 Å². The first kappa shape index (κ1) is 14.6. The summed E-state index contributed by atoms with van der Waals surface area (Å²) in [5.41, 5.74) is 7.19. The number of nitrogens with two attached hydrogens (primary N) is 1. The molecule has 0 aliphatic rings. The van der Waals surface area contributed by atoms with Gasteiger partial charge in [-0.1, -0.05) is 20.8 Å². The Morgan fingerprint density at radius 1 is 0.944 bits per heavy atom. The molecule has 0 spiro atoms. The molecule has 0 unspecified atom stereocenters. The monoisotopic (exact) mass is 253 g/mol. The number of hydrogen-bond acceptors (Lipinski definition) is 4. The van der Waals surface area contributed by atoms with Gasteiger partial charge < -0.3 is 19.9 Å². The first-order chi connectivity index (χ1) is 8.35. The van der Waals surface area contributed by atoms with E-state index in [0.29, 0.717) is 17.2 Å². The van der Waals surface area contributed by atoms with E-state index in [2.05, 4.69) is 20.8 Å². The Bertz CT molecular complexity index is 385. The van der Waals surface area contributed by atoms with E-state index in [1.165, 1.54) is 0 Å². The van der Waals surface area contributed by atoms with Crippen molar-refractivity contribution in [1.29, 1.82) is 0 Å². The van der Waals surface area contributed by atoms with E-state index in [9.17, 15) is 0 Å². The minimum Gasteiger partial charge on any atom is -0.493 e. The van der Waals surface area contributed by atoms with Gasteiger partial charge in [0.15, 0.2) is 11.5 Å². The lowest BCUT2D eigenvalue weighted by atomic mass is 9.83. The summed E-state index contributed by atoms with van der Waals surface area (Å²) in [7, 11) is 4.79. The van der Waals surface area contributed by atoms with Crippen LogP contribution in [0.25, 0.3) is 0 Å². The van der Waals surface area contributed by atoms with Crippen LogP contribution in [0.5, 0.6) is 17.2 Å². The summed E-state index contributed by atoms with van der Waals surface area (Å²) in [5, 5.41) is 0. The highest BCUT2D eigenvalue weighted by atomic mass is 16.5. The fourth-order valence-corrected chi connectivity index (χ4v) is 1.78. The lowest BCUT2D eigenvalue weighted by molar-refractivity contribution is 0.311. The molecule has 1 rings (SSSR count). The summed E-state index contributed by atoms with van der Waals surface area (Å²) in [6.45, 7) is 6.29. The molecule has 1 aromatic rings. The van der Waals surface area contributed by atoms with Crippen LogP contribution in [0.1, 0.15) is 32.4 Å². The fourth-order valence-electron chi connectivity index (χ4n) is 1.78. The molecular formula is C14H23NO3. The Balaban J connectivity index is 3.32. The molecule has 0 aliphatic heterocycles. The molecular weight excluding hydrogens is 230 g/mol. The van der Waals surface area contributed by atoms with E-state index in [-0.39, 0.29) is 11.5 Å². The lowest BCUT2D eigenvalue weighted by Crippen LogP contribution is -2.26. The van der Waals surface area contributed by atoms with Gasteiger partial charge in [0, 0.05) is 6.04 Å². The third kappa shape index (κ3) is 2.88. The average Bonchev–Trinajstić information content (AvgIpc) is 2.34. The molecule has 4 nitrogen and oxygen atoms in total. The first-order valence-corrected chi connectivity index (χ1v) is 5.90. The first-order valence-electron chi connectivity index (χ1n) is 5.90. The number of ether oxygens (including phenoxy) is 3. The summed E-state index contributed by atoms with van der Waals surface area (Å²) < 4.78 is 15.9. The van der Waals surface area contributed by atoms with Crippen LogP contribution in [0.2, 0.25) is 0 Å². The molecule has 0 aromatic heterocycles. The summed E-state index contributed by atoms with van der Waals surface area (Å²) in [4.78, 5) is 0. The van der Waals surface area contributed by atoms with Gasteiger partial charge in [0.05, 0.1) is 21.3 Å². The maximum absolute atomic E-state index is 6.26. The SMILES string of the molecule is COc1cc([C@@H](N)C(C)(C)C)cc(OC)c1OC. The number of hydrogen-bond donors (Lipinski definition) is 1. The molecule has 0 amide bonds. The average molecular weight is 253 g/mol. The van der Waals surface area contributed by atoms with Crippen LogP contribution in [0, 0.1) is 5.41 Å². The quantitative estimate of drug-likeness (QED) is 0.896. The summed E-state index contributed by atoms with van der Waals surface area (Å²) in [5.74, 6) is 1.85. The minimum absolute atomic E-state index is 0.0371. The van der Waals surface area contributed by atoms with Gasteiger partial charge in [0.1, 0.15) is 0 Å². The van der Waals surface area contributed by atoms with Crippen molar-refractivity contribution in [1.82, 2.24) is 0 Å². The van der Waals surface area contributed by atoms with Gasteiger partial charge in [-0.2, -0.15) is 0 Å². The maximum Gasteiger partial charge on any atom is 0.203 e. The Morgan fingerprint density at radius 2 is 1.39 bits per heavy atom. The largest absolute Gasteiger partial charge is 0.493 e. The molecule has 0 saturated carbocycles. The van der Waals surface area contributed by atoms with Crippen molar-refractivity contribution in [3.05, 3.63) is 17.7 Å². The van der Waals surface area contributed by atoms with Gasteiger partial charge in [-0.15, -0.1) is 0 Å². The van der Waals surface area contributed by atoms with Crippen LogP contribution in [-0.4, -0.2) is 21.3 Å². The van der Waals surface area contributed by atoms with Crippen molar-refractivity contribution in [3.63, 3.8) is 0 Å². The molecule has 0 bridgehead atoms. The summed E-state index contributed by atoms with van der Waals surface area (Å²) >= 11 is 0. The van der Waals surface area contributed by atoms with E-state index < -0.39 is 0 Å². The number of benzene rings is 1. The second kappa shape index (κ2) is 5.48. The third-order valence-electron chi connectivity index (χ3n) is 2.98. The van der Waals surface area contributed by atoms with Gasteiger partial charge in [-0.05, 0) is 23.1 Å². The van der Waals surface area contributed by atoms with Crippen molar-refractivity contribution in [2.75, 3.05) is 21.3 Å². The molecule has 102 valence electrons. The molecule has 18 heavy (non-hydrogen) atoms. The Labute approximate surface area is 109 Å². The second-order valence-electron chi connectivity index (χ2n) is 5.30. The van der Waals surface area contributed by atoms with Gasteiger partial charge in [0.2, 0.25) is 5.75 Å². The Kier molecular flexibility index (Phi) is 4.46. The van der Waals surface area contributed by atoms with Crippen LogP contribution in [0.4, 0.5) is 0 Å². The van der Waals surface area contributed by atoms with Crippen molar-refractivity contribution in [2.45, 2.75) is 26.8 Å². The molecule has 2 N–H and O–H groups in total. The standard InChI is InChI=1S/C14H23NO3/c1-14(2,3)13(15)9-7-10(16-4)12(18-6)11(8-9)17-5/h7-8,13H,15H2,1-6H3/t13-/m1/s1. The van der Waals surface area contributed by atoms with E-state index in [1.807, 2.05) is 12.1 Å². The Hall–Kier alpha value is -1.42. The van der Waals surface area contributed by atoms with Crippen molar-refractivity contribution < 1.29 is 14.2 Å². The van der Waals surface area contributed by atoms with Gasteiger partial charge in [0.25, 0.3) is 0 Å². The normalized spacial score (nSPS) is 13.1. The zero-order valence-corrected chi connectivity index (χ0v) is 12.0. The van der Waals surface area contributed by atoms with Crippen LogP contribution in [0.3, 0.4) is 0 Å². The highest BCUT2D eigenvalue weighted by molar-refractivity contribution is 5.54. The van der Waals surface area contributed by atoms with Crippen molar-refractivity contribution in [2.24, 2.45) is 11.1 Å². The molecule has 0 aliphatic carbocycles. The molecule has 0 heterocycles. The molecule has 4 heteroatoms. The summed E-state index contributed by atoms with van der Waals surface area (Å²) in [6, 6.07) is 3.69. The van der Waals surface area contributed by atoms with Crippen molar-refractivity contribution >= 4 is 0 Å². The molecule has 1 atom stereocenters. The minimum atomic E-state index is -0.105.